The molecule has 0 rings (SSSR count). The third-order valence-electron chi connectivity index (χ3n) is 0.973. The van der Waals surface area contributed by atoms with Crippen molar-refractivity contribution in [3.63, 3.8) is 0 Å². The molecule has 0 aliphatic heterocycles. The van der Waals surface area contributed by atoms with Crippen LogP contribution in [0.15, 0.2) is 24.6 Å². The predicted molar refractivity (Wildman–Crippen MR) is 48.2 cm³/mol. The molecule has 1 nitrogen and oxygen atoms in total. The summed E-state index contributed by atoms with van der Waals surface area (Å²) in [6, 6.07) is 0. The highest BCUT2D eigenvalue weighted by Crippen LogP contribution is 2.15. The van der Waals surface area contributed by atoms with Gasteiger partial charge in [-0.05, 0) is 13.8 Å². The van der Waals surface area contributed by atoms with Crippen LogP contribution in [-0.4, -0.2) is 13.7 Å². The highest BCUT2D eigenvalue weighted by atomic mass is 35.6. The number of hydrogen-bond donors (Lipinski definition) is 0. The molecule has 0 spiro atoms. The molecule has 0 amide bonds. The molecule has 0 atom stereocenters. The molecule has 0 saturated carbocycles. The Balaban J connectivity index is 4.05. The quantitative estimate of drug-likeness (QED) is 0.473. The van der Waals surface area contributed by atoms with E-state index in [0.717, 1.165) is 0 Å². The van der Waals surface area contributed by atoms with Crippen molar-refractivity contribution in [2.75, 3.05) is 0 Å². The number of hydrogen-bond acceptors (Lipinski definition) is 1. The maximum absolute atomic E-state index is 5.98. The molecule has 10 heavy (non-hydrogen) atoms. The molecule has 0 unspecified atom stereocenters. The zero-order chi connectivity index (χ0) is 8.20. The third-order valence-corrected chi connectivity index (χ3v) is 4.11. The van der Waals surface area contributed by atoms with E-state index in [9.17, 15) is 0 Å². The zero-order valence-corrected chi connectivity index (χ0v) is 8.19. The second-order valence-corrected chi connectivity index (χ2v) is 6.49. The average molecular weight is 177 g/mol. The molecule has 0 aliphatic rings. The van der Waals surface area contributed by atoms with E-state index in [1.165, 1.54) is 0 Å². The lowest BCUT2D eigenvalue weighted by atomic mass is 10.5. The van der Waals surface area contributed by atoms with Gasteiger partial charge in [0.15, 0.2) is 0 Å². The Morgan fingerprint density at radius 1 is 1.40 bits per heavy atom. The van der Waals surface area contributed by atoms with E-state index in [0.29, 0.717) is 0 Å². The van der Waals surface area contributed by atoms with Gasteiger partial charge in [0.2, 0.25) is 0 Å². The van der Waals surface area contributed by atoms with Gasteiger partial charge in [-0.3, -0.25) is 0 Å². The van der Waals surface area contributed by atoms with Crippen molar-refractivity contribution in [3.8, 4) is 0 Å². The molecule has 0 heterocycles. The molecule has 0 aromatic rings. The minimum Gasteiger partial charge on any atom is -0.395 e. The predicted octanol–water partition coefficient (Wildman–Crippen LogP) is 2.54. The maximum Gasteiger partial charge on any atom is 0.339 e. The Labute approximate surface area is 68.2 Å². The molecule has 3 heteroatoms. The van der Waals surface area contributed by atoms with Crippen LogP contribution in [-0.2, 0) is 4.43 Å². The Morgan fingerprint density at radius 2 is 1.80 bits per heavy atom. The topological polar surface area (TPSA) is 9.23 Å². The molecule has 0 aromatic carbocycles. The monoisotopic (exact) mass is 176 g/mol. The molecule has 0 bridgehead atoms. The normalized spacial score (nSPS) is 11.6. The first-order chi connectivity index (χ1) is 4.54. The molecular weight excluding hydrogens is 164 g/mol. The molecule has 0 aliphatic carbocycles. The van der Waals surface area contributed by atoms with Crippen LogP contribution in [0.4, 0.5) is 0 Å². The van der Waals surface area contributed by atoms with Gasteiger partial charge in [-0.2, -0.15) is 0 Å². The van der Waals surface area contributed by atoms with Gasteiger partial charge in [0.1, 0.15) is 0 Å². The summed E-state index contributed by atoms with van der Waals surface area (Å²) >= 11 is 5.98. The second-order valence-electron chi connectivity index (χ2n) is 2.27. The Morgan fingerprint density at radius 3 is 1.90 bits per heavy atom. The molecule has 0 saturated heterocycles. The van der Waals surface area contributed by atoms with Crippen molar-refractivity contribution in [1.82, 2.24) is 0 Å². The van der Waals surface area contributed by atoms with Crippen LogP contribution in [0.3, 0.4) is 0 Å². The summed E-state index contributed by atoms with van der Waals surface area (Å²) in [5.41, 5.74) is 3.31. The molecule has 0 N–H and O–H groups in total. The molecule has 0 aromatic heterocycles. The zero-order valence-electron chi connectivity index (χ0n) is 6.43. The van der Waals surface area contributed by atoms with Gasteiger partial charge in [0.25, 0.3) is 0 Å². The largest absolute Gasteiger partial charge is 0.395 e. The van der Waals surface area contributed by atoms with E-state index < -0.39 is 7.63 Å². The van der Waals surface area contributed by atoms with E-state index in [1.807, 2.05) is 13.8 Å². The van der Waals surface area contributed by atoms with Crippen molar-refractivity contribution in [2.24, 2.45) is 0 Å². The van der Waals surface area contributed by atoms with Crippen molar-refractivity contribution in [1.29, 1.82) is 0 Å². The van der Waals surface area contributed by atoms with E-state index in [-0.39, 0.29) is 6.10 Å². The number of rotatable bonds is 4. The van der Waals surface area contributed by atoms with Crippen LogP contribution in [0.25, 0.3) is 0 Å². The van der Waals surface area contributed by atoms with Crippen LogP contribution in [0.1, 0.15) is 13.8 Å². The summed E-state index contributed by atoms with van der Waals surface area (Å²) in [6.45, 7) is 11.1. The molecule has 58 valence electrons. The summed E-state index contributed by atoms with van der Waals surface area (Å²) in [4.78, 5) is 0. The van der Waals surface area contributed by atoms with Gasteiger partial charge in [0, 0.05) is 6.10 Å². The summed E-state index contributed by atoms with van der Waals surface area (Å²) in [7, 11) is -2.26. The summed E-state index contributed by atoms with van der Waals surface area (Å²) in [5.74, 6) is 0. The van der Waals surface area contributed by atoms with Crippen LogP contribution in [0, 0.1) is 0 Å². The minimum absolute atomic E-state index is 0.139. The Hall–Kier alpha value is -0.0531. The lowest BCUT2D eigenvalue weighted by molar-refractivity contribution is 0.247. The van der Waals surface area contributed by atoms with Gasteiger partial charge in [-0.25, -0.2) is 0 Å². The fourth-order valence-corrected chi connectivity index (χ4v) is 2.16. The average Bonchev–Trinajstić information content (AvgIpc) is 1.87. The Kier molecular flexibility index (Phi) is 3.94. The number of halogens is 1. The highest BCUT2D eigenvalue weighted by molar-refractivity contribution is 7.22. The van der Waals surface area contributed by atoms with Gasteiger partial charge in [-0.15, -0.1) is 24.2 Å². The van der Waals surface area contributed by atoms with E-state index >= 15 is 0 Å². The minimum atomic E-state index is -2.26. The first-order valence-corrected chi connectivity index (χ1v) is 6.25. The molecular formula is C7H13ClOSi. The Bertz CT molecular complexity index is 126. The van der Waals surface area contributed by atoms with Crippen LogP contribution in [0.5, 0.6) is 0 Å². The van der Waals surface area contributed by atoms with Crippen LogP contribution in [0.2, 0.25) is 0 Å². The van der Waals surface area contributed by atoms with Crippen molar-refractivity contribution in [3.05, 3.63) is 24.6 Å². The van der Waals surface area contributed by atoms with Crippen molar-refractivity contribution in [2.45, 2.75) is 20.0 Å². The van der Waals surface area contributed by atoms with Crippen LogP contribution >= 0.6 is 11.1 Å². The fraction of sp³-hybridized carbons (Fsp3) is 0.429. The van der Waals surface area contributed by atoms with Gasteiger partial charge < -0.3 is 4.43 Å². The van der Waals surface area contributed by atoms with E-state index in [1.54, 1.807) is 11.4 Å². The van der Waals surface area contributed by atoms with E-state index in [2.05, 4.69) is 13.2 Å². The first-order valence-electron chi connectivity index (χ1n) is 3.18. The lowest BCUT2D eigenvalue weighted by Crippen LogP contribution is -2.30. The van der Waals surface area contributed by atoms with Crippen molar-refractivity contribution < 1.29 is 4.43 Å². The van der Waals surface area contributed by atoms with E-state index in [4.69, 9.17) is 15.5 Å². The molecule has 0 fully saturated rings. The van der Waals surface area contributed by atoms with Gasteiger partial charge >= 0.3 is 7.63 Å². The van der Waals surface area contributed by atoms with Gasteiger partial charge in [-0.1, -0.05) is 11.4 Å². The third kappa shape index (κ3) is 3.20. The highest BCUT2D eigenvalue weighted by Gasteiger charge is 2.25. The SMILES string of the molecule is C=C[Si](Cl)(C=C)OC(C)C. The van der Waals surface area contributed by atoms with Crippen LogP contribution < -0.4 is 0 Å². The summed E-state index contributed by atoms with van der Waals surface area (Å²) < 4.78 is 5.40. The fourth-order valence-electron chi connectivity index (χ4n) is 0.541. The smallest absolute Gasteiger partial charge is 0.339 e. The first kappa shape index (κ1) is 9.95. The summed E-state index contributed by atoms with van der Waals surface area (Å²) in [6.07, 6.45) is 0.139. The standard InChI is InChI=1S/C7H13ClOSi/c1-5-10(8,6-2)9-7(3)4/h5-7H,1-2H2,3-4H3. The van der Waals surface area contributed by atoms with Gasteiger partial charge in [0.05, 0.1) is 0 Å². The summed E-state index contributed by atoms with van der Waals surface area (Å²) in [5, 5.41) is 0. The maximum atomic E-state index is 5.98. The van der Waals surface area contributed by atoms with Crippen molar-refractivity contribution >= 4 is 18.7 Å². The molecule has 0 radical (unpaired) electrons. The lowest BCUT2D eigenvalue weighted by Gasteiger charge is -2.18. The second kappa shape index (κ2) is 3.96.